The van der Waals surface area contributed by atoms with Crippen molar-refractivity contribution in [2.75, 3.05) is 0 Å². The Morgan fingerprint density at radius 1 is 0.435 bits per heavy atom. The van der Waals surface area contributed by atoms with E-state index in [9.17, 15) is 0 Å². The number of rotatable bonds is 18. The van der Waals surface area contributed by atoms with Gasteiger partial charge in [0.15, 0.2) is 0 Å². The fourth-order valence-corrected chi connectivity index (χ4v) is 3.30. The Bertz CT molecular complexity index is 196. The topological polar surface area (TPSA) is 52.0 Å². The van der Waals surface area contributed by atoms with Gasteiger partial charge in [-0.2, -0.15) is 0 Å². The lowest BCUT2D eigenvalue weighted by Gasteiger charge is -2.13. The first-order valence-corrected chi connectivity index (χ1v) is 10.7. The van der Waals surface area contributed by atoms with Crippen LogP contribution in [0, 0.1) is 0 Å². The van der Waals surface area contributed by atoms with Crippen LogP contribution >= 0.6 is 0 Å². The summed E-state index contributed by atoms with van der Waals surface area (Å²) < 4.78 is 0. The fourth-order valence-electron chi connectivity index (χ4n) is 3.30. The first-order valence-electron chi connectivity index (χ1n) is 10.7. The van der Waals surface area contributed by atoms with Crippen LogP contribution in [0.1, 0.15) is 123 Å². The average molecular weight is 327 g/mol. The maximum atomic E-state index is 6.21. The lowest BCUT2D eigenvalue weighted by molar-refractivity contribution is 0.464. The van der Waals surface area contributed by atoms with E-state index in [1.165, 1.54) is 109 Å². The summed E-state index contributed by atoms with van der Waals surface area (Å²) in [6.07, 6.45) is 22.3. The third-order valence-electron chi connectivity index (χ3n) is 5.01. The molecule has 140 valence electrons. The molecule has 0 heterocycles. The van der Waals surface area contributed by atoms with Crippen molar-refractivity contribution in [3.63, 3.8) is 0 Å². The summed E-state index contributed by atoms with van der Waals surface area (Å²) in [5.41, 5.74) is 12.4. The molecule has 0 aromatic rings. The third-order valence-corrected chi connectivity index (χ3v) is 5.01. The van der Waals surface area contributed by atoms with E-state index in [-0.39, 0.29) is 0 Å². The van der Waals surface area contributed by atoms with Crippen LogP contribution in [0.3, 0.4) is 0 Å². The molecule has 0 aromatic heterocycles. The maximum Gasteiger partial charge on any atom is 0.00388 e. The Labute approximate surface area is 147 Å². The van der Waals surface area contributed by atoms with Gasteiger partial charge in [0.25, 0.3) is 0 Å². The van der Waals surface area contributed by atoms with Crippen LogP contribution in [0.5, 0.6) is 0 Å². The molecule has 0 amide bonds. The van der Waals surface area contributed by atoms with Crippen molar-refractivity contribution in [1.82, 2.24) is 0 Å². The third kappa shape index (κ3) is 18.1. The monoisotopic (exact) mass is 326 g/mol. The molecule has 2 atom stereocenters. The molecule has 2 unspecified atom stereocenters. The van der Waals surface area contributed by atoms with Gasteiger partial charge >= 0.3 is 0 Å². The number of unbranched alkanes of at least 4 members (excludes halogenated alkanes) is 10. The first-order chi connectivity index (χ1) is 11.2. The van der Waals surface area contributed by atoms with Crippen LogP contribution in [0.25, 0.3) is 0 Å². The second-order valence-electron chi connectivity index (χ2n) is 7.56. The van der Waals surface area contributed by atoms with Crippen molar-refractivity contribution in [3.05, 3.63) is 0 Å². The number of hydrogen-bond donors (Lipinski definition) is 2. The first kappa shape index (κ1) is 22.9. The predicted octanol–water partition coefficient (Wildman–Crippen LogP) is 6.31. The zero-order valence-electron chi connectivity index (χ0n) is 16.3. The van der Waals surface area contributed by atoms with Gasteiger partial charge in [-0.1, -0.05) is 97.3 Å². The van der Waals surface area contributed by atoms with Gasteiger partial charge in [0.2, 0.25) is 0 Å². The minimum Gasteiger partial charge on any atom is -0.328 e. The molecule has 0 rings (SSSR count). The second kappa shape index (κ2) is 18.3. The quantitative estimate of drug-likeness (QED) is 0.290. The highest BCUT2D eigenvalue weighted by Crippen LogP contribution is 2.14. The van der Waals surface area contributed by atoms with E-state index in [1.807, 2.05) is 0 Å². The van der Waals surface area contributed by atoms with E-state index in [0.717, 1.165) is 0 Å². The lowest BCUT2D eigenvalue weighted by Crippen LogP contribution is -2.20. The maximum absolute atomic E-state index is 6.21. The van der Waals surface area contributed by atoms with Crippen LogP contribution in [-0.2, 0) is 0 Å². The number of nitrogens with two attached hydrogens (primary N) is 2. The molecule has 2 heteroatoms. The van der Waals surface area contributed by atoms with Gasteiger partial charge < -0.3 is 11.5 Å². The van der Waals surface area contributed by atoms with Gasteiger partial charge in [0.1, 0.15) is 0 Å². The zero-order valence-corrected chi connectivity index (χ0v) is 16.3. The van der Waals surface area contributed by atoms with Gasteiger partial charge in [-0.3, -0.25) is 0 Å². The molecule has 0 aliphatic carbocycles. The molecule has 0 saturated heterocycles. The zero-order chi connectivity index (χ0) is 17.2. The minimum absolute atomic E-state index is 0.434. The second-order valence-corrected chi connectivity index (χ2v) is 7.56. The van der Waals surface area contributed by atoms with E-state index >= 15 is 0 Å². The van der Waals surface area contributed by atoms with Crippen molar-refractivity contribution in [3.8, 4) is 0 Å². The Balaban J connectivity index is 3.26. The van der Waals surface area contributed by atoms with Gasteiger partial charge in [0, 0.05) is 12.1 Å². The Morgan fingerprint density at radius 3 is 1.00 bits per heavy atom. The minimum atomic E-state index is 0.434. The molecule has 0 fully saturated rings. The number of hydrogen-bond acceptors (Lipinski definition) is 2. The molecule has 0 saturated carbocycles. The Hall–Kier alpha value is -0.0800. The standard InChI is InChI=1S/C21H46N2/c1-3-5-7-9-12-16-20(22)18-14-11-15-19-21(23)17-13-10-8-6-4-2/h20-21H,3-19,22-23H2,1-2H3. The normalized spacial score (nSPS) is 14.1. The largest absolute Gasteiger partial charge is 0.328 e. The van der Waals surface area contributed by atoms with Crippen LogP contribution in [0.4, 0.5) is 0 Å². The van der Waals surface area contributed by atoms with E-state index in [4.69, 9.17) is 11.5 Å². The molecular formula is C21H46N2. The molecule has 0 aromatic carbocycles. The smallest absolute Gasteiger partial charge is 0.00388 e. The van der Waals surface area contributed by atoms with Crippen molar-refractivity contribution in [2.24, 2.45) is 11.5 Å². The Kier molecular flexibility index (Phi) is 18.2. The highest BCUT2D eigenvalue weighted by atomic mass is 14.6. The molecular weight excluding hydrogens is 280 g/mol. The van der Waals surface area contributed by atoms with Gasteiger partial charge in [-0.05, 0) is 25.7 Å². The van der Waals surface area contributed by atoms with Crippen LogP contribution < -0.4 is 11.5 Å². The summed E-state index contributed by atoms with van der Waals surface area (Å²) in [7, 11) is 0. The molecule has 0 aliphatic rings. The van der Waals surface area contributed by atoms with Crippen molar-refractivity contribution >= 4 is 0 Å². The molecule has 2 nitrogen and oxygen atoms in total. The van der Waals surface area contributed by atoms with E-state index in [2.05, 4.69) is 13.8 Å². The summed E-state index contributed by atoms with van der Waals surface area (Å²) in [5, 5.41) is 0. The molecule has 4 N–H and O–H groups in total. The molecule has 0 spiro atoms. The van der Waals surface area contributed by atoms with Gasteiger partial charge in [0.05, 0.1) is 0 Å². The van der Waals surface area contributed by atoms with Gasteiger partial charge in [-0.25, -0.2) is 0 Å². The Morgan fingerprint density at radius 2 is 0.696 bits per heavy atom. The summed E-state index contributed by atoms with van der Waals surface area (Å²) in [4.78, 5) is 0. The molecule has 23 heavy (non-hydrogen) atoms. The SMILES string of the molecule is CCCCCCCC(N)CCCCCC(N)CCCCCCC. The predicted molar refractivity (Wildman–Crippen MR) is 106 cm³/mol. The summed E-state index contributed by atoms with van der Waals surface area (Å²) in [6.45, 7) is 4.54. The van der Waals surface area contributed by atoms with Crippen LogP contribution in [0.2, 0.25) is 0 Å². The van der Waals surface area contributed by atoms with Crippen molar-refractivity contribution in [2.45, 2.75) is 135 Å². The van der Waals surface area contributed by atoms with E-state index in [1.54, 1.807) is 0 Å². The lowest BCUT2D eigenvalue weighted by atomic mass is 9.99. The van der Waals surface area contributed by atoms with Crippen molar-refractivity contribution in [1.29, 1.82) is 0 Å². The van der Waals surface area contributed by atoms with Gasteiger partial charge in [-0.15, -0.1) is 0 Å². The molecule has 0 aliphatic heterocycles. The molecule has 0 radical (unpaired) electrons. The van der Waals surface area contributed by atoms with E-state index < -0.39 is 0 Å². The van der Waals surface area contributed by atoms with Crippen LogP contribution in [0.15, 0.2) is 0 Å². The fraction of sp³-hybridized carbons (Fsp3) is 1.00. The summed E-state index contributed by atoms with van der Waals surface area (Å²) in [5.74, 6) is 0. The summed E-state index contributed by atoms with van der Waals surface area (Å²) >= 11 is 0. The van der Waals surface area contributed by atoms with Crippen LogP contribution in [-0.4, -0.2) is 12.1 Å². The molecule has 0 bridgehead atoms. The highest BCUT2D eigenvalue weighted by molar-refractivity contribution is 4.64. The van der Waals surface area contributed by atoms with E-state index in [0.29, 0.717) is 12.1 Å². The van der Waals surface area contributed by atoms with Crippen molar-refractivity contribution < 1.29 is 0 Å². The summed E-state index contributed by atoms with van der Waals surface area (Å²) in [6, 6.07) is 0.868. The highest BCUT2D eigenvalue weighted by Gasteiger charge is 2.04. The average Bonchev–Trinajstić information content (AvgIpc) is 2.54.